The Hall–Kier alpha value is -1.83. The number of amides is 1. The lowest BCUT2D eigenvalue weighted by Gasteiger charge is -2.35. The molecule has 1 aromatic carbocycles. The van der Waals surface area contributed by atoms with Gasteiger partial charge in [0.2, 0.25) is 5.91 Å². The van der Waals surface area contributed by atoms with E-state index in [2.05, 4.69) is 10.2 Å². The van der Waals surface area contributed by atoms with Gasteiger partial charge in [-0.05, 0) is 31.0 Å². The molecule has 7 nitrogen and oxygen atoms in total. The van der Waals surface area contributed by atoms with Crippen LogP contribution in [0.4, 0.5) is 0 Å². The minimum absolute atomic E-state index is 0.0287. The third-order valence-electron chi connectivity index (χ3n) is 4.60. The number of hydrogen-bond donors (Lipinski definition) is 2. The summed E-state index contributed by atoms with van der Waals surface area (Å²) in [6, 6.07) is 5.99. The number of carbonyl (C=O) groups excluding carboxylic acids is 1. The summed E-state index contributed by atoms with van der Waals surface area (Å²) in [5.41, 5.74) is 6.82. The highest BCUT2D eigenvalue weighted by Crippen LogP contribution is 2.32. The van der Waals surface area contributed by atoms with Gasteiger partial charge in [0.1, 0.15) is 0 Å². The first-order valence-electron chi connectivity index (χ1n) is 9.11. The Morgan fingerprint density at radius 1 is 1.27 bits per heavy atom. The molecule has 2 rings (SSSR count). The Labute approximate surface area is 155 Å². The molecule has 2 atom stereocenters. The number of ether oxygens (including phenoxy) is 3. The third kappa shape index (κ3) is 5.86. The summed E-state index contributed by atoms with van der Waals surface area (Å²) < 4.78 is 16.2. The van der Waals surface area contributed by atoms with Crippen LogP contribution < -0.4 is 20.5 Å². The van der Waals surface area contributed by atoms with E-state index in [1.807, 2.05) is 25.1 Å². The zero-order valence-corrected chi connectivity index (χ0v) is 16.0. The molecule has 1 fully saturated rings. The first-order valence-corrected chi connectivity index (χ1v) is 9.11. The van der Waals surface area contributed by atoms with Gasteiger partial charge in [0.25, 0.3) is 0 Å². The van der Waals surface area contributed by atoms with Crippen molar-refractivity contribution in [2.75, 3.05) is 47.1 Å². The third-order valence-corrected chi connectivity index (χ3v) is 4.60. The maximum atomic E-state index is 12.1. The van der Waals surface area contributed by atoms with Crippen molar-refractivity contribution < 1.29 is 19.0 Å². The van der Waals surface area contributed by atoms with Crippen LogP contribution in [0.1, 0.15) is 31.4 Å². The molecule has 3 N–H and O–H groups in total. The van der Waals surface area contributed by atoms with Crippen LogP contribution in [0, 0.1) is 0 Å². The standard InChI is InChI=1S/C19H31N3O4/c1-14(20)4-7-19(23)21-13-16(22-8-10-26-11-9-22)15-5-6-17(24-2)18(12-15)25-3/h5-6,12,14,16H,4,7-11,13,20H2,1-3H3,(H,21,23). The fourth-order valence-electron chi connectivity index (χ4n) is 3.06. The summed E-state index contributed by atoms with van der Waals surface area (Å²) >= 11 is 0. The molecule has 1 aliphatic rings. The lowest BCUT2D eigenvalue weighted by molar-refractivity contribution is -0.121. The normalized spacial score (nSPS) is 17.4. The van der Waals surface area contributed by atoms with Gasteiger partial charge in [-0.15, -0.1) is 0 Å². The molecule has 0 aliphatic carbocycles. The predicted octanol–water partition coefficient (Wildman–Crippen LogP) is 1.32. The zero-order valence-electron chi connectivity index (χ0n) is 16.0. The van der Waals surface area contributed by atoms with Gasteiger partial charge in [0.05, 0.1) is 33.5 Å². The van der Waals surface area contributed by atoms with Gasteiger partial charge in [-0.3, -0.25) is 9.69 Å². The van der Waals surface area contributed by atoms with Crippen LogP contribution in [0.5, 0.6) is 11.5 Å². The average molecular weight is 365 g/mol. The lowest BCUT2D eigenvalue weighted by atomic mass is 10.0. The molecule has 1 aliphatic heterocycles. The largest absolute Gasteiger partial charge is 0.493 e. The van der Waals surface area contributed by atoms with E-state index in [4.69, 9.17) is 19.9 Å². The molecule has 1 aromatic rings. The maximum absolute atomic E-state index is 12.1. The molecule has 0 spiro atoms. The summed E-state index contributed by atoms with van der Waals surface area (Å²) in [6.45, 7) is 5.50. The first kappa shape index (κ1) is 20.5. The van der Waals surface area contributed by atoms with Crippen molar-refractivity contribution in [3.8, 4) is 11.5 Å². The van der Waals surface area contributed by atoms with Gasteiger partial charge >= 0.3 is 0 Å². The van der Waals surface area contributed by atoms with Gasteiger partial charge in [0.15, 0.2) is 11.5 Å². The van der Waals surface area contributed by atoms with Crippen LogP contribution in [0.25, 0.3) is 0 Å². The van der Waals surface area contributed by atoms with Crippen molar-refractivity contribution in [1.29, 1.82) is 0 Å². The number of nitrogens with one attached hydrogen (secondary N) is 1. The van der Waals surface area contributed by atoms with E-state index >= 15 is 0 Å². The van der Waals surface area contributed by atoms with Crippen LogP contribution in [0.2, 0.25) is 0 Å². The van der Waals surface area contributed by atoms with Crippen molar-refractivity contribution >= 4 is 5.91 Å². The summed E-state index contributed by atoms with van der Waals surface area (Å²) in [5.74, 6) is 1.41. The molecule has 2 unspecified atom stereocenters. The summed E-state index contributed by atoms with van der Waals surface area (Å²) in [7, 11) is 3.25. The molecule has 0 bridgehead atoms. The highest BCUT2D eigenvalue weighted by molar-refractivity contribution is 5.75. The Morgan fingerprint density at radius 3 is 2.58 bits per heavy atom. The second kappa shape index (κ2) is 10.4. The number of carbonyl (C=O) groups is 1. The Balaban J connectivity index is 2.12. The quantitative estimate of drug-likeness (QED) is 0.686. The second-order valence-corrected chi connectivity index (χ2v) is 6.60. The number of nitrogens with zero attached hydrogens (tertiary/aromatic N) is 1. The van der Waals surface area contributed by atoms with Gasteiger partial charge in [-0.1, -0.05) is 6.07 Å². The molecule has 1 saturated heterocycles. The van der Waals surface area contributed by atoms with Gasteiger partial charge < -0.3 is 25.3 Å². The summed E-state index contributed by atoms with van der Waals surface area (Å²) in [6.07, 6.45) is 1.13. The summed E-state index contributed by atoms with van der Waals surface area (Å²) in [4.78, 5) is 14.5. The molecular weight excluding hydrogens is 334 g/mol. The fourth-order valence-corrected chi connectivity index (χ4v) is 3.06. The number of rotatable bonds is 9. The summed E-state index contributed by atoms with van der Waals surface area (Å²) in [5, 5.41) is 3.05. The highest BCUT2D eigenvalue weighted by atomic mass is 16.5. The van der Waals surface area contributed by atoms with E-state index in [0.29, 0.717) is 44.1 Å². The van der Waals surface area contributed by atoms with Gasteiger partial charge in [-0.2, -0.15) is 0 Å². The monoisotopic (exact) mass is 365 g/mol. The van der Waals surface area contributed by atoms with Crippen molar-refractivity contribution in [3.63, 3.8) is 0 Å². The number of nitrogens with two attached hydrogens (primary N) is 1. The van der Waals surface area contributed by atoms with E-state index in [1.165, 1.54) is 0 Å². The maximum Gasteiger partial charge on any atom is 0.220 e. The fraction of sp³-hybridized carbons (Fsp3) is 0.632. The van der Waals surface area contributed by atoms with E-state index in [1.54, 1.807) is 14.2 Å². The Bertz CT molecular complexity index is 574. The van der Waals surface area contributed by atoms with Crippen LogP contribution in [0.15, 0.2) is 18.2 Å². The number of hydrogen-bond acceptors (Lipinski definition) is 6. The minimum Gasteiger partial charge on any atom is -0.493 e. The van der Waals surface area contributed by atoms with E-state index < -0.39 is 0 Å². The molecule has 0 saturated carbocycles. The Morgan fingerprint density at radius 2 is 1.96 bits per heavy atom. The van der Waals surface area contributed by atoms with E-state index in [0.717, 1.165) is 18.7 Å². The molecule has 1 amide bonds. The second-order valence-electron chi connectivity index (χ2n) is 6.60. The molecule has 7 heteroatoms. The topological polar surface area (TPSA) is 86.0 Å². The van der Waals surface area contributed by atoms with Crippen LogP contribution in [0.3, 0.4) is 0 Å². The van der Waals surface area contributed by atoms with Crippen molar-refractivity contribution in [3.05, 3.63) is 23.8 Å². The molecular formula is C19H31N3O4. The van der Waals surface area contributed by atoms with Gasteiger partial charge in [-0.25, -0.2) is 0 Å². The van der Waals surface area contributed by atoms with E-state index in [-0.39, 0.29) is 18.0 Å². The zero-order chi connectivity index (χ0) is 18.9. The van der Waals surface area contributed by atoms with Crippen molar-refractivity contribution in [1.82, 2.24) is 10.2 Å². The molecule has 0 aromatic heterocycles. The SMILES string of the molecule is COc1ccc(C(CNC(=O)CCC(C)N)N2CCOCC2)cc1OC. The minimum atomic E-state index is 0.0287. The number of morpholine rings is 1. The lowest BCUT2D eigenvalue weighted by Crippen LogP contribution is -2.43. The van der Waals surface area contributed by atoms with Crippen molar-refractivity contribution in [2.45, 2.75) is 31.8 Å². The van der Waals surface area contributed by atoms with Crippen LogP contribution in [-0.4, -0.2) is 63.9 Å². The smallest absolute Gasteiger partial charge is 0.220 e. The number of benzene rings is 1. The molecule has 1 heterocycles. The number of methoxy groups -OCH3 is 2. The van der Waals surface area contributed by atoms with Crippen LogP contribution in [-0.2, 0) is 9.53 Å². The molecule has 146 valence electrons. The molecule has 0 radical (unpaired) electrons. The first-order chi connectivity index (χ1) is 12.5. The predicted molar refractivity (Wildman–Crippen MR) is 101 cm³/mol. The van der Waals surface area contributed by atoms with Crippen LogP contribution >= 0.6 is 0 Å². The highest BCUT2D eigenvalue weighted by Gasteiger charge is 2.24. The van der Waals surface area contributed by atoms with Crippen molar-refractivity contribution in [2.24, 2.45) is 5.73 Å². The average Bonchev–Trinajstić information content (AvgIpc) is 2.67. The van der Waals surface area contributed by atoms with Gasteiger partial charge in [0, 0.05) is 32.1 Å². The van der Waals surface area contributed by atoms with E-state index in [9.17, 15) is 4.79 Å². The Kier molecular flexibility index (Phi) is 8.15. The molecule has 26 heavy (non-hydrogen) atoms.